The normalized spacial score (nSPS) is 29.2. The molecule has 1 aromatic rings. The molecule has 5 atom stereocenters. The van der Waals surface area contributed by atoms with Crippen molar-refractivity contribution >= 4 is 11.7 Å². The van der Waals surface area contributed by atoms with Crippen LogP contribution in [0.25, 0.3) is 0 Å². The van der Waals surface area contributed by atoms with Crippen molar-refractivity contribution in [2.24, 2.45) is 0 Å². The Hall–Kier alpha value is -3.35. The van der Waals surface area contributed by atoms with E-state index in [2.05, 4.69) is 27.3 Å². The number of nitrogens with one attached hydrogen (secondary N) is 1. The minimum atomic E-state index is -0.468. The van der Waals surface area contributed by atoms with E-state index in [0.717, 1.165) is 27.8 Å². The number of fused-ring (bicyclic) bond motifs is 6. The number of benzene rings is 1. The monoisotopic (exact) mass is 506 g/mol. The second kappa shape index (κ2) is 9.19. The molecule has 1 fully saturated rings. The van der Waals surface area contributed by atoms with Crippen LogP contribution in [0.3, 0.4) is 0 Å². The van der Waals surface area contributed by atoms with Gasteiger partial charge in [-0.3, -0.25) is 19.4 Å². The Labute approximate surface area is 217 Å². The average molecular weight is 507 g/mol. The van der Waals surface area contributed by atoms with Crippen LogP contribution in [-0.4, -0.2) is 78.6 Å². The van der Waals surface area contributed by atoms with Gasteiger partial charge in [-0.05, 0) is 50.4 Å². The van der Waals surface area contributed by atoms with Gasteiger partial charge in [-0.25, -0.2) is 0 Å². The molecule has 0 radical (unpaired) electrons. The Bertz CT molecular complexity index is 1290. The van der Waals surface area contributed by atoms with Gasteiger partial charge in [0, 0.05) is 48.7 Å². The molecule has 9 heteroatoms. The van der Waals surface area contributed by atoms with Gasteiger partial charge in [0.15, 0.2) is 17.3 Å². The number of piperazine rings is 1. The number of aryl methyl sites for hydroxylation is 1. The summed E-state index contributed by atoms with van der Waals surface area (Å²) in [6, 6.07) is 3.16. The Morgan fingerprint density at radius 3 is 2.59 bits per heavy atom. The molecule has 3 aliphatic heterocycles. The van der Waals surface area contributed by atoms with Gasteiger partial charge in [0.25, 0.3) is 0 Å². The molecule has 2 N–H and O–H groups in total. The zero-order valence-electron chi connectivity index (χ0n) is 22.2. The van der Waals surface area contributed by atoms with E-state index in [0.29, 0.717) is 36.3 Å². The number of ketones is 1. The van der Waals surface area contributed by atoms with Crippen molar-refractivity contribution in [3.8, 4) is 17.6 Å². The number of allylic oxidation sites excluding steroid dienone is 2. The second-order valence-corrected chi connectivity index (χ2v) is 10.5. The molecule has 1 aromatic carbocycles. The van der Waals surface area contributed by atoms with E-state index in [1.807, 2.05) is 14.0 Å². The summed E-state index contributed by atoms with van der Waals surface area (Å²) < 4.78 is 11.1. The summed E-state index contributed by atoms with van der Waals surface area (Å²) in [5.74, 6) is 0.971. The number of hydrogen-bond acceptors (Lipinski definition) is 8. The largest absolute Gasteiger partial charge is 0.504 e. The molecule has 1 aliphatic carbocycles. The number of nitrogens with zero attached hydrogens (tertiary/aromatic N) is 3. The van der Waals surface area contributed by atoms with Crippen molar-refractivity contribution in [2.45, 2.75) is 70.2 Å². The van der Waals surface area contributed by atoms with Crippen molar-refractivity contribution in [3.63, 3.8) is 0 Å². The molecule has 2 bridgehead atoms. The van der Waals surface area contributed by atoms with E-state index in [1.165, 1.54) is 6.92 Å². The fraction of sp³-hybridized carbons (Fsp3) is 0.536. The van der Waals surface area contributed by atoms with E-state index < -0.39 is 6.04 Å². The highest BCUT2D eigenvalue weighted by atomic mass is 16.5. The lowest BCUT2D eigenvalue weighted by Crippen LogP contribution is -2.70. The van der Waals surface area contributed by atoms with Gasteiger partial charge in [-0.2, -0.15) is 5.26 Å². The maximum atomic E-state index is 13.6. The van der Waals surface area contributed by atoms with Crippen LogP contribution in [0, 0.1) is 18.3 Å². The Kier molecular flexibility index (Phi) is 6.29. The van der Waals surface area contributed by atoms with Crippen LogP contribution in [0.2, 0.25) is 0 Å². The van der Waals surface area contributed by atoms with Crippen LogP contribution in [0.4, 0.5) is 0 Å². The van der Waals surface area contributed by atoms with Crippen LogP contribution < -0.4 is 10.1 Å². The molecule has 0 saturated carbocycles. The minimum absolute atomic E-state index is 0.0504. The quantitative estimate of drug-likeness (QED) is 0.639. The predicted octanol–water partition coefficient (Wildman–Crippen LogP) is 2.28. The highest BCUT2D eigenvalue weighted by molar-refractivity contribution is 6.10. The van der Waals surface area contributed by atoms with Crippen molar-refractivity contribution in [3.05, 3.63) is 45.2 Å². The van der Waals surface area contributed by atoms with Crippen LogP contribution in [0.5, 0.6) is 11.5 Å². The third-order valence-corrected chi connectivity index (χ3v) is 8.76. The predicted molar refractivity (Wildman–Crippen MR) is 136 cm³/mol. The first-order valence-corrected chi connectivity index (χ1v) is 12.7. The number of nitriles is 1. The summed E-state index contributed by atoms with van der Waals surface area (Å²) in [6.45, 7) is 5.45. The average Bonchev–Trinajstić information content (AvgIpc) is 2.85. The van der Waals surface area contributed by atoms with Gasteiger partial charge in [0.1, 0.15) is 11.8 Å². The first kappa shape index (κ1) is 25.3. The van der Waals surface area contributed by atoms with Crippen molar-refractivity contribution in [1.29, 1.82) is 5.26 Å². The smallest absolute Gasteiger partial charge is 0.216 e. The van der Waals surface area contributed by atoms with Crippen LogP contribution in [0.15, 0.2) is 28.5 Å². The summed E-state index contributed by atoms with van der Waals surface area (Å²) in [7, 11) is 5.11. The summed E-state index contributed by atoms with van der Waals surface area (Å²) >= 11 is 0. The molecule has 2 unspecified atom stereocenters. The number of ether oxygens (including phenoxy) is 2. The topological polar surface area (TPSA) is 115 Å². The van der Waals surface area contributed by atoms with Crippen molar-refractivity contribution < 1.29 is 24.2 Å². The van der Waals surface area contributed by atoms with Gasteiger partial charge in [-0.15, -0.1) is 0 Å². The lowest BCUT2D eigenvalue weighted by Gasteiger charge is -2.60. The number of methoxy groups -OCH3 is 2. The molecule has 0 aromatic heterocycles. The molecular weight excluding hydrogens is 472 g/mol. The molecule has 0 spiro atoms. The maximum Gasteiger partial charge on any atom is 0.216 e. The maximum absolute atomic E-state index is 13.6. The Balaban J connectivity index is 1.71. The first-order chi connectivity index (χ1) is 17.6. The number of aromatic hydroxyl groups is 1. The molecule has 4 aliphatic rings. The summed E-state index contributed by atoms with van der Waals surface area (Å²) in [5, 5.41) is 24.8. The lowest BCUT2D eigenvalue weighted by atomic mass is 9.70. The SMILES string of the molecule is COC1=C(C)C(=O)C2=C(C1)[C@H](CNC(C)=O)N1C(C2)C2c3c(cc(C)c(OC)c3O)C[C@@H]([C@@H]1C#N)N2C. The molecule has 3 heterocycles. The number of phenols is 1. The number of Topliss-reactive ketones (excluding diaryl/α,β-unsaturated/α-hetero) is 1. The van der Waals surface area contributed by atoms with Gasteiger partial charge in [0.05, 0.1) is 32.4 Å². The van der Waals surface area contributed by atoms with E-state index in [9.17, 15) is 20.0 Å². The van der Waals surface area contributed by atoms with Crippen LogP contribution in [-0.2, 0) is 20.7 Å². The van der Waals surface area contributed by atoms with Gasteiger partial charge in [0.2, 0.25) is 5.91 Å². The standard InChI is InChI=1S/C28H34N4O5/c1-13-7-16-8-19-21(11-29)32-20(25(31(19)4)24(16)27(35)28(13)37-6)9-18-17(22(32)12-30-15(3)33)10-23(36-5)14(2)26(18)34/h7,19-22,25,35H,8-10,12H2,1-6H3,(H,30,33)/t19-,20?,21-,22-,25?/m0/s1. The zero-order chi connectivity index (χ0) is 26.8. The Morgan fingerprint density at radius 2 is 1.97 bits per heavy atom. The summed E-state index contributed by atoms with van der Waals surface area (Å²) in [6.07, 6.45) is 1.51. The fourth-order valence-electron chi connectivity index (χ4n) is 7.10. The summed E-state index contributed by atoms with van der Waals surface area (Å²) in [4.78, 5) is 30.0. The van der Waals surface area contributed by atoms with E-state index in [-0.39, 0.29) is 48.2 Å². The Morgan fingerprint density at radius 1 is 1.24 bits per heavy atom. The highest BCUT2D eigenvalue weighted by Crippen LogP contribution is 2.53. The molecule has 1 saturated heterocycles. The van der Waals surface area contributed by atoms with Gasteiger partial charge in [-0.1, -0.05) is 6.07 Å². The highest BCUT2D eigenvalue weighted by Gasteiger charge is 2.56. The lowest BCUT2D eigenvalue weighted by molar-refractivity contribution is -0.119. The fourth-order valence-corrected chi connectivity index (χ4v) is 7.10. The molecule has 5 rings (SSSR count). The molecule has 9 nitrogen and oxygen atoms in total. The number of phenolic OH excluding ortho intramolecular Hbond substituents is 1. The molecule has 37 heavy (non-hydrogen) atoms. The van der Waals surface area contributed by atoms with Gasteiger partial charge >= 0.3 is 0 Å². The van der Waals surface area contributed by atoms with E-state index in [4.69, 9.17) is 9.47 Å². The van der Waals surface area contributed by atoms with E-state index >= 15 is 0 Å². The van der Waals surface area contributed by atoms with Crippen molar-refractivity contribution in [1.82, 2.24) is 15.1 Å². The molecular formula is C28H34N4O5. The third-order valence-electron chi connectivity index (χ3n) is 8.76. The second-order valence-electron chi connectivity index (χ2n) is 10.5. The first-order valence-electron chi connectivity index (χ1n) is 12.7. The third kappa shape index (κ3) is 3.65. The molecule has 1 amide bonds. The van der Waals surface area contributed by atoms with Crippen molar-refractivity contribution in [2.75, 3.05) is 27.8 Å². The number of amides is 1. The molecule has 196 valence electrons. The minimum Gasteiger partial charge on any atom is -0.504 e. The van der Waals surface area contributed by atoms with Gasteiger partial charge < -0.3 is 19.9 Å². The number of carbonyl (C=O) groups is 2. The summed E-state index contributed by atoms with van der Waals surface area (Å²) in [5.41, 5.74) is 4.88. The van der Waals surface area contributed by atoms with E-state index in [1.54, 1.807) is 21.1 Å². The number of likely N-dealkylation sites (N-methyl/N-ethyl adjacent to an activating group) is 1. The van der Waals surface area contributed by atoms with Crippen LogP contribution >= 0.6 is 0 Å². The number of carbonyl (C=O) groups excluding carboxylic acids is 2. The number of hydrogen-bond donors (Lipinski definition) is 2. The zero-order valence-corrected chi connectivity index (χ0v) is 22.2. The van der Waals surface area contributed by atoms with Crippen LogP contribution in [0.1, 0.15) is 49.4 Å². The number of rotatable bonds is 4.